The smallest absolute Gasteiger partial charge is 0.191 e. The van der Waals surface area contributed by atoms with Crippen molar-refractivity contribution in [2.45, 2.75) is 45.1 Å². The number of furan rings is 1. The molecule has 0 unspecified atom stereocenters. The molecule has 7 nitrogen and oxygen atoms in total. The Bertz CT molecular complexity index is 886. The van der Waals surface area contributed by atoms with Gasteiger partial charge in [-0.1, -0.05) is 25.3 Å². The van der Waals surface area contributed by atoms with Crippen molar-refractivity contribution >= 4 is 35.6 Å². The number of nitrogens with one attached hydrogen (secondary N) is 2. The number of rotatable bonds is 7. The minimum absolute atomic E-state index is 0. The van der Waals surface area contributed by atoms with Crippen LogP contribution in [0.3, 0.4) is 0 Å². The second kappa shape index (κ2) is 11.2. The molecule has 0 aliphatic heterocycles. The van der Waals surface area contributed by atoms with E-state index in [1.807, 2.05) is 40.9 Å². The average Bonchev–Trinajstić information content (AvgIpc) is 3.40. The molecule has 1 fully saturated rings. The van der Waals surface area contributed by atoms with Crippen LogP contribution in [-0.2, 0) is 13.0 Å². The first-order chi connectivity index (χ1) is 13.9. The zero-order chi connectivity index (χ0) is 19.0. The molecule has 2 N–H and O–H groups in total. The lowest BCUT2D eigenvalue weighted by Gasteiger charge is -2.23. The van der Waals surface area contributed by atoms with E-state index in [0.717, 1.165) is 48.6 Å². The van der Waals surface area contributed by atoms with Crippen molar-refractivity contribution in [1.82, 2.24) is 25.2 Å². The second-order valence-corrected chi connectivity index (χ2v) is 7.35. The molecule has 3 heterocycles. The molecule has 156 valence electrons. The maximum atomic E-state index is 5.42. The van der Waals surface area contributed by atoms with Crippen LogP contribution in [0.15, 0.2) is 52.2 Å². The molecule has 0 atom stereocenters. The van der Waals surface area contributed by atoms with Gasteiger partial charge in [-0.05, 0) is 43.0 Å². The average molecular weight is 508 g/mol. The predicted octanol–water partition coefficient (Wildman–Crippen LogP) is 3.80. The Labute approximate surface area is 188 Å². The van der Waals surface area contributed by atoms with Crippen molar-refractivity contribution in [3.05, 3.63) is 54.4 Å². The first-order valence-electron chi connectivity index (χ1n) is 10.2. The maximum Gasteiger partial charge on any atom is 0.191 e. The van der Waals surface area contributed by atoms with E-state index >= 15 is 0 Å². The largest absolute Gasteiger partial charge is 0.469 e. The Kier molecular flexibility index (Phi) is 8.33. The van der Waals surface area contributed by atoms with E-state index in [4.69, 9.17) is 9.41 Å². The summed E-state index contributed by atoms with van der Waals surface area (Å²) in [6, 6.07) is 9.81. The summed E-state index contributed by atoms with van der Waals surface area (Å²) in [5, 5.41) is 15.4. The van der Waals surface area contributed by atoms with Crippen molar-refractivity contribution in [1.29, 1.82) is 0 Å². The highest BCUT2D eigenvalue weighted by atomic mass is 127. The molecule has 0 spiro atoms. The van der Waals surface area contributed by atoms with Crippen LogP contribution in [0.5, 0.6) is 0 Å². The maximum absolute atomic E-state index is 5.42. The standard InChI is InChI=1S/C21H28N6O.HI/c1-2-7-17(8-3-1)15-23-21(22-12-11-18-9-6-14-28-18)24-16-20-26-25-19-10-4-5-13-27(19)20;/h4-6,9-10,13-14,17H,1-3,7-8,11-12,15-16H2,(H2,22,23,24);1H. The highest BCUT2D eigenvalue weighted by molar-refractivity contribution is 14.0. The number of hydrogen-bond acceptors (Lipinski definition) is 4. The molecule has 0 saturated heterocycles. The Morgan fingerprint density at radius 3 is 2.83 bits per heavy atom. The number of fused-ring (bicyclic) bond motifs is 1. The summed E-state index contributed by atoms with van der Waals surface area (Å²) in [4.78, 5) is 4.76. The van der Waals surface area contributed by atoms with Gasteiger partial charge < -0.3 is 15.1 Å². The molecule has 1 aliphatic carbocycles. The molecule has 4 rings (SSSR count). The number of guanidine groups is 1. The van der Waals surface area contributed by atoms with E-state index in [2.05, 4.69) is 20.8 Å². The Hall–Kier alpha value is -2.10. The first-order valence-corrected chi connectivity index (χ1v) is 10.2. The second-order valence-electron chi connectivity index (χ2n) is 7.35. The third-order valence-corrected chi connectivity index (χ3v) is 5.29. The van der Waals surface area contributed by atoms with E-state index in [9.17, 15) is 0 Å². The fourth-order valence-corrected chi connectivity index (χ4v) is 3.71. The van der Waals surface area contributed by atoms with Crippen molar-refractivity contribution < 1.29 is 4.42 Å². The SMILES string of the molecule is I.c1coc(CCNC(=NCc2nnc3ccccn23)NCC2CCCCC2)c1. The Morgan fingerprint density at radius 2 is 2.00 bits per heavy atom. The van der Waals surface area contributed by atoms with Gasteiger partial charge in [0.2, 0.25) is 0 Å². The quantitative estimate of drug-likeness (QED) is 0.289. The van der Waals surface area contributed by atoms with Crippen LogP contribution in [-0.4, -0.2) is 33.6 Å². The molecular weight excluding hydrogens is 479 g/mol. The van der Waals surface area contributed by atoms with Gasteiger partial charge in [-0.3, -0.25) is 4.40 Å². The highest BCUT2D eigenvalue weighted by Crippen LogP contribution is 2.22. The van der Waals surface area contributed by atoms with Gasteiger partial charge in [0.15, 0.2) is 17.4 Å². The van der Waals surface area contributed by atoms with Gasteiger partial charge in [-0.2, -0.15) is 0 Å². The number of aliphatic imine (C=N–C) groups is 1. The van der Waals surface area contributed by atoms with E-state index in [1.165, 1.54) is 32.1 Å². The Balaban J connectivity index is 0.00000240. The van der Waals surface area contributed by atoms with Crippen molar-refractivity contribution in [3.63, 3.8) is 0 Å². The van der Waals surface area contributed by atoms with E-state index in [0.29, 0.717) is 6.54 Å². The van der Waals surface area contributed by atoms with Gasteiger partial charge in [-0.25, -0.2) is 4.99 Å². The number of halogens is 1. The summed E-state index contributed by atoms with van der Waals surface area (Å²) >= 11 is 0. The van der Waals surface area contributed by atoms with E-state index in [1.54, 1.807) is 6.26 Å². The third kappa shape index (κ3) is 6.19. The first kappa shape index (κ1) is 21.6. The fraction of sp³-hybridized carbons (Fsp3) is 0.476. The topological polar surface area (TPSA) is 79.8 Å². The highest BCUT2D eigenvalue weighted by Gasteiger charge is 2.14. The number of nitrogens with zero attached hydrogens (tertiary/aromatic N) is 4. The van der Waals surface area contributed by atoms with Crippen molar-refractivity contribution in [2.75, 3.05) is 13.1 Å². The van der Waals surface area contributed by atoms with Crippen LogP contribution < -0.4 is 10.6 Å². The molecule has 0 amide bonds. The van der Waals surface area contributed by atoms with Crippen molar-refractivity contribution in [2.24, 2.45) is 10.9 Å². The van der Waals surface area contributed by atoms with Gasteiger partial charge in [0.25, 0.3) is 0 Å². The van der Waals surface area contributed by atoms with Gasteiger partial charge in [0.1, 0.15) is 12.3 Å². The fourth-order valence-electron chi connectivity index (χ4n) is 3.71. The summed E-state index contributed by atoms with van der Waals surface area (Å²) < 4.78 is 7.39. The minimum Gasteiger partial charge on any atom is -0.469 e. The molecule has 0 aromatic carbocycles. The van der Waals surface area contributed by atoms with Crippen molar-refractivity contribution in [3.8, 4) is 0 Å². The lowest BCUT2D eigenvalue weighted by molar-refractivity contribution is 0.355. The minimum atomic E-state index is 0. The number of hydrogen-bond donors (Lipinski definition) is 2. The predicted molar refractivity (Wildman–Crippen MR) is 125 cm³/mol. The van der Waals surface area contributed by atoms with Gasteiger partial charge >= 0.3 is 0 Å². The number of pyridine rings is 1. The molecule has 8 heteroatoms. The summed E-state index contributed by atoms with van der Waals surface area (Å²) in [6.45, 7) is 2.21. The van der Waals surface area contributed by atoms with Crippen LogP contribution >= 0.6 is 24.0 Å². The molecule has 0 bridgehead atoms. The third-order valence-electron chi connectivity index (χ3n) is 5.29. The summed E-state index contributed by atoms with van der Waals surface area (Å²) in [7, 11) is 0. The zero-order valence-electron chi connectivity index (χ0n) is 16.6. The van der Waals surface area contributed by atoms with Gasteiger partial charge in [-0.15, -0.1) is 34.2 Å². The van der Waals surface area contributed by atoms with E-state index in [-0.39, 0.29) is 24.0 Å². The number of aromatic nitrogens is 3. The Morgan fingerprint density at radius 1 is 1.10 bits per heavy atom. The molecule has 1 saturated carbocycles. The summed E-state index contributed by atoms with van der Waals surface area (Å²) in [5.41, 5.74) is 0.843. The lowest BCUT2D eigenvalue weighted by Crippen LogP contribution is -2.41. The normalized spacial score (nSPS) is 15.2. The molecule has 1 aliphatic rings. The zero-order valence-corrected chi connectivity index (χ0v) is 18.9. The summed E-state index contributed by atoms with van der Waals surface area (Å²) in [6.07, 6.45) is 11.2. The van der Waals surface area contributed by atoms with Gasteiger partial charge in [0, 0.05) is 25.7 Å². The molecule has 29 heavy (non-hydrogen) atoms. The molecule has 3 aromatic rings. The monoisotopic (exact) mass is 508 g/mol. The van der Waals surface area contributed by atoms with Gasteiger partial charge in [0.05, 0.1) is 6.26 Å². The lowest BCUT2D eigenvalue weighted by atomic mass is 9.89. The van der Waals surface area contributed by atoms with E-state index < -0.39 is 0 Å². The molecule has 3 aromatic heterocycles. The van der Waals surface area contributed by atoms with Crippen LogP contribution in [0.1, 0.15) is 43.7 Å². The molecular formula is C21H29IN6O. The van der Waals surface area contributed by atoms with Crippen LogP contribution in [0.2, 0.25) is 0 Å². The van der Waals surface area contributed by atoms with Crippen LogP contribution in [0.25, 0.3) is 5.65 Å². The van der Waals surface area contributed by atoms with Crippen LogP contribution in [0, 0.1) is 5.92 Å². The van der Waals surface area contributed by atoms with Crippen LogP contribution in [0.4, 0.5) is 0 Å². The molecule has 0 radical (unpaired) electrons. The summed E-state index contributed by atoms with van der Waals surface area (Å²) in [5.74, 6) is 3.37.